The average Bonchev–Trinajstić information content (AvgIpc) is 3.01. The Morgan fingerprint density at radius 1 is 1.07 bits per heavy atom. The van der Waals surface area contributed by atoms with Gasteiger partial charge in [-0.05, 0) is 67.7 Å². The number of ether oxygens (including phenoxy) is 1. The topological polar surface area (TPSA) is 45.7 Å². The number of hydrogen-bond donors (Lipinski definition) is 0. The van der Waals surface area contributed by atoms with Crippen molar-refractivity contribution in [1.29, 1.82) is 0 Å². The highest BCUT2D eigenvalue weighted by Crippen LogP contribution is 2.20. The number of benzene rings is 1. The number of amides is 1. The van der Waals surface area contributed by atoms with Crippen LogP contribution in [0.5, 0.6) is 5.75 Å². The zero-order valence-corrected chi connectivity index (χ0v) is 16.9. The van der Waals surface area contributed by atoms with Gasteiger partial charge in [-0.3, -0.25) is 14.7 Å². The minimum Gasteiger partial charge on any atom is -0.486 e. The molecule has 1 unspecified atom stereocenters. The fourth-order valence-electron chi connectivity index (χ4n) is 3.99. The van der Waals surface area contributed by atoms with E-state index in [-0.39, 0.29) is 12.0 Å². The van der Waals surface area contributed by atoms with Crippen LogP contribution in [0.25, 0.3) is 0 Å². The lowest BCUT2D eigenvalue weighted by Crippen LogP contribution is -2.35. The van der Waals surface area contributed by atoms with Crippen LogP contribution in [-0.4, -0.2) is 53.0 Å². The van der Waals surface area contributed by atoms with Gasteiger partial charge < -0.3 is 9.64 Å². The van der Waals surface area contributed by atoms with Crippen molar-refractivity contribution in [3.8, 4) is 5.75 Å². The van der Waals surface area contributed by atoms with Gasteiger partial charge in [-0.15, -0.1) is 0 Å². The molecule has 1 fully saturated rings. The van der Waals surface area contributed by atoms with Crippen LogP contribution in [0, 0.1) is 0 Å². The summed E-state index contributed by atoms with van der Waals surface area (Å²) in [5.74, 6) is 0.939. The van der Waals surface area contributed by atoms with E-state index in [1.807, 2.05) is 41.4 Å². The lowest BCUT2D eigenvalue weighted by atomic mass is 10.1. The molecular formula is C24H29N3O2. The van der Waals surface area contributed by atoms with Crippen molar-refractivity contribution in [1.82, 2.24) is 14.8 Å². The van der Waals surface area contributed by atoms with E-state index in [1.165, 1.54) is 12.0 Å². The lowest BCUT2D eigenvalue weighted by Gasteiger charge is -2.22. The maximum atomic E-state index is 13.0. The van der Waals surface area contributed by atoms with Crippen molar-refractivity contribution in [3.05, 3.63) is 72.1 Å². The third-order valence-electron chi connectivity index (χ3n) is 5.60. The van der Waals surface area contributed by atoms with Gasteiger partial charge in [-0.1, -0.05) is 12.1 Å². The normalized spacial score (nSPS) is 20.3. The molecule has 1 aromatic heterocycles. The van der Waals surface area contributed by atoms with Crippen molar-refractivity contribution in [2.45, 2.75) is 38.3 Å². The molecule has 0 radical (unpaired) electrons. The van der Waals surface area contributed by atoms with E-state index in [1.54, 1.807) is 6.20 Å². The van der Waals surface area contributed by atoms with E-state index >= 15 is 0 Å². The van der Waals surface area contributed by atoms with Gasteiger partial charge in [0.1, 0.15) is 11.9 Å². The van der Waals surface area contributed by atoms with Crippen LogP contribution in [-0.2, 0) is 6.54 Å². The maximum Gasteiger partial charge on any atom is 0.253 e. The molecule has 0 N–H and O–H groups in total. The summed E-state index contributed by atoms with van der Waals surface area (Å²) < 4.78 is 6.00. The highest BCUT2D eigenvalue weighted by Gasteiger charge is 2.20. The first-order chi connectivity index (χ1) is 14.3. The van der Waals surface area contributed by atoms with Gasteiger partial charge in [0.25, 0.3) is 5.91 Å². The van der Waals surface area contributed by atoms with Crippen LogP contribution < -0.4 is 4.74 Å². The molecule has 2 heterocycles. The van der Waals surface area contributed by atoms with Crippen LogP contribution in [0.1, 0.15) is 41.6 Å². The maximum absolute atomic E-state index is 13.0. The molecule has 1 saturated heterocycles. The summed E-state index contributed by atoms with van der Waals surface area (Å²) in [7, 11) is 0. The molecule has 0 spiro atoms. The fraction of sp³-hybridized carbons (Fsp3) is 0.417. The first-order valence-corrected chi connectivity index (χ1v) is 10.6. The van der Waals surface area contributed by atoms with E-state index in [0.29, 0.717) is 0 Å². The molecule has 1 atom stereocenters. The van der Waals surface area contributed by atoms with Crippen LogP contribution in [0.2, 0.25) is 0 Å². The molecule has 1 aromatic carbocycles. The minimum atomic E-state index is 0.109. The predicted octanol–water partition coefficient (Wildman–Crippen LogP) is 3.92. The molecule has 0 bridgehead atoms. The quantitative estimate of drug-likeness (QED) is 0.725. The zero-order valence-electron chi connectivity index (χ0n) is 16.9. The Kier molecular flexibility index (Phi) is 6.57. The summed E-state index contributed by atoms with van der Waals surface area (Å²) >= 11 is 0. The number of carbonyl (C=O) groups excluding carboxylic acids is 1. The van der Waals surface area contributed by atoms with Gasteiger partial charge in [-0.25, -0.2) is 0 Å². The SMILES string of the molecule is O=C(c1ccc(OC2C=CCCC2)cc1)N1CCCN(Cc2cccnc2)CC1. The Bertz CT molecular complexity index is 820. The summed E-state index contributed by atoms with van der Waals surface area (Å²) in [6.07, 6.45) is 12.5. The molecule has 0 saturated carbocycles. The Morgan fingerprint density at radius 3 is 2.72 bits per heavy atom. The second-order valence-electron chi connectivity index (χ2n) is 7.82. The predicted molar refractivity (Wildman–Crippen MR) is 114 cm³/mol. The summed E-state index contributed by atoms with van der Waals surface area (Å²) in [6, 6.07) is 11.7. The van der Waals surface area contributed by atoms with Crippen molar-refractivity contribution >= 4 is 5.91 Å². The zero-order chi connectivity index (χ0) is 19.9. The van der Waals surface area contributed by atoms with Crippen LogP contribution in [0.3, 0.4) is 0 Å². The number of pyridine rings is 1. The molecule has 5 nitrogen and oxygen atoms in total. The van der Waals surface area contributed by atoms with Gasteiger partial charge in [0.15, 0.2) is 0 Å². The third-order valence-corrected chi connectivity index (χ3v) is 5.60. The number of carbonyl (C=O) groups is 1. The molecule has 152 valence electrons. The Hall–Kier alpha value is -2.66. The smallest absolute Gasteiger partial charge is 0.253 e. The third kappa shape index (κ3) is 5.45. The summed E-state index contributed by atoms with van der Waals surface area (Å²) in [6.45, 7) is 4.32. The van der Waals surface area contributed by atoms with Crippen LogP contribution in [0.15, 0.2) is 60.9 Å². The van der Waals surface area contributed by atoms with Crippen molar-refractivity contribution < 1.29 is 9.53 Å². The molecule has 1 amide bonds. The lowest BCUT2D eigenvalue weighted by molar-refractivity contribution is 0.0761. The van der Waals surface area contributed by atoms with E-state index in [2.05, 4.69) is 28.1 Å². The van der Waals surface area contributed by atoms with E-state index in [0.717, 1.165) is 63.3 Å². The van der Waals surface area contributed by atoms with E-state index in [4.69, 9.17) is 4.74 Å². The summed E-state index contributed by atoms with van der Waals surface area (Å²) in [4.78, 5) is 21.5. The summed E-state index contributed by atoms with van der Waals surface area (Å²) in [5, 5.41) is 0. The highest BCUT2D eigenvalue weighted by molar-refractivity contribution is 5.94. The van der Waals surface area contributed by atoms with Gasteiger partial charge in [0.2, 0.25) is 0 Å². The number of rotatable bonds is 5. The van der Waals surface area contributed by atoms with Gasteiger partial charge in [-0.2, -0.15) is 0 Å². The molecule has 29 heavy (non-hydrogen) atoms. The number of hydrogen-bond acceptors (Lipinski definition) is 4. The first-order valence-electron chi connectivity index (χ1n) is 10.6. The fourth-order valence-corrected chi connectivity index (χ4v) is 3.99. The second kappa shape index (κ2) is 9.70. The van der Waals surface area contributed by atoms with Crippen molar-refractivity contribution in [2.24, 2.45) is 0 Å². The monoisotopic (exact) mass is 391 g/mol. The second-order valence-corrected chi connectivity index (χ2v) is 7.82. The molecule has 2 aliphatic rings. The van der Waals surface area contributed by atoms with Gasteiger partial charge in [0, 0.05) is 50.7 Å². The van der Waals surface area contributed by atoms with Crippen molar-refractivity contribution in [3.63, 3.8) is 0 Å². The van der Waals surface area contributed by atoms with Crippen LogP contribution in [0.4, 0.5) is 0 Å². The van der Waals surface area contributed by atoms with E-state index in [9.17, 15) is 4.79 Å². The molecule has 1 aliphatic heterocycles. The Morgan fingerprint density at radius 2 is 1.97 bits per heavy atom. The largest absolute Gasteiger partial charge is 0.486 e. The molecule has 4 rings (SSSR count). The first kappa shape index (κ1) is 19.6. The van der Waals surface area contributed by atoms with Gasteiger partial charge in [0.05, 0.1) is 0 Å². The number of aromatic nitrogens is 1. The Labute approximate surface area is 173 Å². The molecule has 5 heteroatoms. The molecule has 1 aliphatic carbocycles. The summed E-state index contributed by atoms with van der Waals surface area (Å²) in [5.41, 5.74) is 1.95. The number of nitrogens with zero attached hydrogens (tertiary/aromatic N) is 3. The number of allylic oxidation sites excluding steroid dienone is 1. The van der Waals surface area contributed by atoms with Gasteiger partial charge >= 0.3 is 0 Å². The minimum absolute atomic E-state index is 0.109. The Balaban J connectivity index is 1.32. The molecular weight excluding hydrogens is 362 g/mol. The average molecular weight is 392 g/mol. The molecule has 2 aromatic rings. The van der Waals surface area contributed by atoms with E-state index < -0.39 is 0 Å². The van der Waals surface area contributed by atoms with Crippen molar-refractivity contribution in [2.75, 3.05) is 26.2 Å². The highest BCUT2D eigenvalue weighted by atomic mass is 16.5. The standard InChI is InChI=1S/C24H29N3O2/c28-24(21-9-11-23(12-10-21)29-22-7-2-1-3-8-22)27-15-5-14-26(16-17-27)19-20-6-4-13-25-18-20/h2,4,6-7,9-13,18,22H,1,3,5,8,14-17,19H2. The van der Waals surface area contributed by atoms with Crippen LogP contribution >= 0.6 is 0 Å².